The first-order valence-electron chi connectivity index (χ1n) is 11.6. The summed E-state index contributed by atoms with van der Waals surface area (Å²) >= 11 is 0. The summed E-state index contributed by atoms with van der Waals surface area (Å²) in [5.41, 5.74) is 9.95. The highest BCUT2D eigenvalue weighted by Gasteiger charge is 2.31. The van der Waals surface area contributed by atoms with Gasteiger partial charge in [0.25, 0.3) is 5.91 Å². The number of rotatable bonds is 8. The summed E-state index contributed by atoms with van der Waals surface area (Å²) in [6.45, 7) is 0.481. The second-order valence-electron chi connectivity index (χ2n) is 8.75. The van der Waals surface area contributed by atoms with Crippen molar-refractivity contribution in [2.24, 2.45) is 11.6 Å². The number of amides is 2. The Labute approximate surface area is 211 Å². The first-order valence-corrected chi connectivity index (χ1v) is 11.6. The molecule has 0 spiro atoms. The van der Waals surface area contributed by atoms with Gasteiger partial charge in [0.15, 0.2) is 11.6 Å². The summed E-state index contributed by atoms with van der Waals surface area (Å²) in [5, 5.41) is 11.3. The highest BCUT2D eigenvalue weighted by molar-refractivity contribution is 5.94. The Hall–Kier alpha value is -4.00. The number of carbonyl (C=O) groups excluding carboxylic acids is 2. The third-order valence-electron chi connectivity index (χ3n) is 6.34. The van der Waals surface area contributed by atoms with Crippen molar-refractivity contribution >= 4 is 22.7 Å². The number of nitrogens with zero attached hydrogens (tertiary/aromatic N) is 2. The van der Waals surface area contributed by atoms with E-state index in [1.54, 1.807) is 5.48 Å². The largest absolute Gasteiger partial charge is 0.399 e. The summed E-state index contributed by atoms with van der Waals surface area (Å²) in [4.78, 5) is 29.7. The van der Waals surface area contributed by atoms with Crippen molar-refractivity contribution in [1.29, 1.82) is 0 Å². The van der Waals surface area contributed by atoms with Crippen LogP contribution in [0.5, 0.6) is 0 Å². The van der Waals surface area contributed by atoms with Crippen LogP contribution in [0.3, 0.4) is 0 Å². The third-order valence-corrected chi connectivity index (χ3v) is 6.34. The number of hydrogen-bond donors (Lipinski definition) is 5. The molecule has 2 aromatic carbocycles. The average Bonchev–Trinajstić information content (AvgIpc) is 3.32. The zero-order valence-corrected chi connectivity index (χ0v) is 19.9. The highest BCUT2D eigenvalue weighted by Crippen LogP contribution is 2.22. The van der Waals surface area contributed by atoms with Crippen LogP contribution in [-0.2, 0) is 16.0 Å². The number of aromatic nitrogens is 1. The number of morpholine rings is 1. The Morgan fingerprint density at radius 2 is 2.05 bits per heavy atom. The lowest BCUT2D eigenvalue weighted by atomic mass is 10.0. The normalized spacial score (nSPS) is 17.0. The summed E-state index contributed by atoms with van der Waals surface area (Å²) in [6, 6.07) is 9.25. The van der Waals surface area contributed by atoms with Crippen LogP contribution in [0.4, 0.5) is 8.78 Å². The molecule has 1 aliphatic heterocycles. The molecular weight excluding hydrogens is 486 g/mol. The Balaban J connectivity index is 1.57. The second kappa shape index (κ2) is 11.4. The van der Waals surface area contributed by atoms with Gasteiger partial charge in [0.2, 0.25) is 5.91 Å². The van der Waals surface area contributed by atoms with E-state index in [1.165, 1.54) is 22.2 Å². The summed E-state index contributed by atoms with van der Waals surface area (Å²) in [5.74, 6) is 2.97. The highest BCUT2D eigenvalue weighted by atomic mass is 19.2. The van der Waals surface area contributed by atoms with Gasteiger partial charge in [0, 0.05) is 35.4 Å². The number of hydroxylamine groups is 1. The maximum atomic E-state index is 13.7. The molecular formula is C25H28F2N6O4. The van der Waals surface area contributed by atoms with Crippen molar-refractivity contribution in [3.8, 4) is 0 Å². The van der Waals surface area contributed by atoms with E-state index in [0.717, 1.165) is 28.6 Å². The number of carbonyl (C=O) groups is 2. The van der Waals surface area contributed by atoms with Gasteiger partial charge in [-0.05, 0) is 36.2 Å². The number of ether oxygens (including phenoxy) is 1. The van der Waals surface area contributed by atoms with Crippen LogP contribution in [0.15, 0.2) is 60.6 Å². The predicted octanol–water partition coefficient (Wildman–Crippen LogP) is 1.77. The molecule has 1 fully saturated rings. The SMILES string of the molecule is N/C(=C\N(N)C(CC(=O)NO)Cc1c[nH]c2ccccc12)C1COCCN1C(=O)c1ccc(F)c(F)c1. The number of nitrogens with two attached hydrogens (primary N) is 2. The van der Waals surface area contributed by atoms with Crippen LogP contribution in [-0.4, -0.2) is 63.8 Å². The minimum Gasteiger partial charge on any atom is -0.399 e. The molecule has 2 amide bonds. The van der Waals surface area contributed by atoms with Crippen molar-refractivity contribution in [2.75, 3.05) is 19.8 Å². The van der Waals surface area contributed by atoms with Crippen molar-refractivity contribution < 1.29 is 28.3 Å². The molecule has 2 atom stereocenters. The van der Waals surface area contributed by atoms with Gasteiger partial charge in [-0.3, -0.25) is 14.8 Å². The smallest absolute Gasteiger partial charge is 0.254 e. The molecule has 7 N–H and O–H groups in total. The maximum Gasteiger partial charge on any atom is 0.254 e. The van der Waals surface area contributed by atoms with Gasteiger partial charge < -0.3 is 25.4 Å². The molecule has 196 valence electrons. The summed E-state index contributed by atoms with van der Waals surface area (Å²) in [6.07, 6.45) is 3.44. The lowest BCUT2D eigenvalue weighted by molar-refractivity contribution is -0.130. The Morgan fingerprint density at radius 1 is 1.27 bits per heavy atom. The van der Waals surface area contributed by atoms with Crippen LogP contribution in [0.1, 0.15) is 22.3 Å². The molecule has 0 bridgehead atoms. The van der Waals surface area contributed by atoms with Crippen molar-refractivity contribution in [2.45, 2.75) is 24.9 Å². The molecule has 12 heteroatoms. The van der Waals surface area contributed by atoms with Gasteiger partial charge in [0.05, 0.1) is 37.4 Å². The van der Waals surface area contributed by atoms with Crippen molar-refractivity contribution in [1.82, 2.24) is 20.4 Å². The number of hydrogen-bond acceptors (Lipinski definition) is 7. The molecule has 3 aromatic rings. The fourth-order valence-electron chi connectivity index (χ4n) is 4.38. The molecule has 10 nitrogen and oxygen atoms in total. The van der Waals surface area contributed by atoms with E-state index >= 15 is 0 Å². The van der Waals surface area contributed by atoms with Crippen LogP contribution < -0.4 is 17.1 Å². The molecule has 4 rings (SSSR count). The van der Waals surface area contributed by atoms with E-state index < -0.39 is 35.5 Å². The third kappa shape index (κ3) is 5.88. The number of fused-ring (bicyclic) bond motifs is 1. The molecule has 2 unspecified atom stereocenters. The van der Waals surface area contributed by atoms with Gasteiger partial charge >= 0.3 is 0 Å². The van der Waals surface area contributed by atoms with Gasteiger partial charge in [-0.2, -0.15) is 0 Å². The van der Waals surface area contributed by atoms with Gasteiger partial charge in [-0.15, -0.1) is 0 Å². The summed E-state index contributed by atoms with van der Waals surface area (Å²) < 4.78 is 32.6. The fraction of sp³-hybridized carbons (Fsp3) is 0.280. The van der Waals surface area contributed by atoms with Crippen molar-refractivity contribution in [3.63, 3.8) is 0 Å². The Kier molecular flexibility index (Phi) is 8.01. The number of hydrazine groups is 1. The van der Waals surface area contributed by atoms with Crippen LogP contribution >= 0.6 is 0 Å². The quantitative estimate of drug-likeness (QED) is 0.175. The molecule has 2 heterocycles. The predicted molar refractivity (Wildman–Crippen MR) is 131 cm³/mol. The van der Waals surface area contributed by atoms with Gasteiger partial charge in [-0.1, -0.05) is 18.2 Å². The first-order chi connectivity index (χ1) is 17.8. The van der Waals surface area contributed by atoms with E-state index in [4.69, 9.17) is 21.5 Å². The zero-order chi connectivity index (χ0) is 26.5. The first kappa shape index (κ1) is 26.1. The van der Waals surface area contributed by atoms with Crippen LogP contribution in [0.25, 0.3) is 10.9 Å². The summed E-state index contributed by atoms with van der Waals surface area (Å²) in [7, 11) is 0. The molecule has 37 heavy (non-hydrogen) atoms. The van der Waals surface area contributed by atoms with E-state index in [9.17, 15) is 18.4 Å². The van der Waals surface area contributed by atoms with E-state index in [0.29, 0.717) is 6.42 Å². The number of nitrogens with one attached hydrogen (secondary N) is 2. The Bertz CT molecular complexity index is 1310. The van der Waals surface area contributed by atoms with Crippen LogP contribution in [0, 0.1) is 11.6 Å². The van der Waals surface area contributed by atoms with Gasteiger partial charge in [-0.25, -0.2) is 20.1 Å². The molecule has 1 aromatic heterocycles. The topological polar surface area (TPSA) is 150 Å². The number of halogens is 2. The second-order valence-corrected chi connectivity index (χ2v) is 8.75. The van der Waals surface area contributed by atoms with E-state index in [1.807, 2.05) is 30.5 Å². The molecule has 0 saturated carbocycles. The van der Waals surface area contributed by atoms with E-state index in [2.05, 4.69) is 4.98 Å². The van der Waals surface area contributed by atoms with Crippen LogP contribution in [0.2, 0.25) is 0 Å². The monoisotopic (exact) mass is 514 g/mol. The van der Waals surface area contributed by atoms with Gasteiger partial charge in [0.1, 0.15) is 0 Å². The Morgan fingerprint density at radius 3 is 2.81 bits per heavy atom. The average molecular weight is 515 g/mol. The molecule has 1 aliphatic rings. The lowest BCUT2D eigenvalue weighted by Gasteiger charge is -2.37. The molecule has 1 saturated heterocycles. The van der Waals surface area contributed by atoms with Crippen molar-refractivity contribution in [3.05, 3.63) is 83.3 Å². The number of H-pyrrole nitrogens is 1. The van der Waals surface area contributed by atoms with E-state index in [-0.39, 0.29) is 37.4 Å². The standard InChI is InChI=1S/C25H28F2N6O4/c26-19-6-5-15(10-20(19)27)25(35)32-7-8-37-14-23(32)21(28)13-33(29)17(11-24(34)31-36)9-16-12-30-22-4-2-1-3-18(16)22/h1-6,10,12-13,17,23,30,36H,7-9,11,14,28-29H2,(H,31,34)/b21-13-. The number of aromatic amines is 1. The zero-order valence-electron chi connectivity index (χ0n) is 19.9. The maximum absolute atomic E-state index is 13.7. The fourth-order valence-corrected chi connectivity index (χ4v) is 4.38. The molecule has 0 radical (unpaired) electrons. The number of benzene rings is 2. The lowest BCUT2D eigenvalue weighted by Crippen LogP contribution is -2.52. The minimum atomic E-state index is -1.13. The minimum absolute atomic E-state index is 0.0277. The number of para-hydroxylation sites is 1. The molecule has 0 aliphatic carbocycles.